The molecule has 1 nitrogen and oxygen atoms in total. The van der Waals surface area contributed by atoms with Crippen LogP contribution in [0.3, 0.4) is 0 Å². The van der Waals surface area contributed by atoms with Crippen LogP contribution in [0.2, 0.25) is 0 Å². The van der Waals surface area contributed by atoms with E-state index in [2.05, 4.69) is 51.4 Å². The molecule has 0 heterocycles. The summed E-state index contributed by atoms with van der Waals surface area (Å²) in [6.45, 7) is 13.1. The Kier molecular flexibility index (Phi) is 6.72. The quantitative estimate of drug-likeness (QED) is 0.603. The van der Waals surface area contributed by atoms with Gasteiger partial charge in [-0.1, -0.05) is 39.5 Å². The number of nitrogens with zero attached hydrogens (tertiary/aromatic N) is 1. The Morgan fingerprint density at radius 2 is 1.69 bits per heavy atom. The van der Waals surface area contributed by atoms with Gasteiger partial charge in [-0.25, -0.2) is 0 Å². The van der Waals surface area contributed by atoms with Crippen LogP contribution in [0.1, 0.15) is 41.0 Å². The zero-order valence-corrected chi connectivity index (χ0v) is 9.72. The van der Waals surface area contributed by atoms with Gasteiger partial charge in [0.1, 0.15) is 0 Å². The molecule has 1 unspecified atom stereocenters. The molecule has 0 N–H and O–H groups in total. The fourth-order valence-electron chi connectivity index (χ4n) is 1.29. The summed E-state index contributed by atoms with van der Waals surface area (Å²) >= 11 is 0. The van der Waals surface area contributed by atoms with Crippen LogP contribution in [0.15, 0.2) is 0 Å². The van der Waals surface area contributed by atoms with E-state index in [-0.39, 0.29) is 0 Å². The van der Waals surface area contributed by atoms with Gasteiger partial charge in [-0.05, 0) is 26.4 Å². The summed E-state index contributed by atoms with van der Waals surface area (Å²) in [4.78, 5) is 2.41. The normalized spacial score (nSPS) is 12.8. The van der Waals surface area contributed by atoms with Crippen LogP contribution in [0, 0.1) is 17.8 Å². The predicted molar refractivity (Wildman–Crippen MR) is 59.6 cm³/mol. The summed E-state index contributed by atoms with van der Waals surface area (Å²) in [7, 11) is 0. The van der Waals surface area contributed by atoms with E-state index in [0.717, 1.165) is 13.1 Å². The van der Waals surface area contributed by atoms with Gasteiger partial charge in [0.05, 0.1) is 6.04 Å². The summed E-state index contributed by atoms with van der Waals surface area (Å²) in [5, 5.41) is 0. The van der Waals surface area contributed by atoms with Crippen molar-refractivity contribution in [2.45, 2.75) is 47.1 Å². The number of hydrogen-bond acceptors (Lipinski definition) is 1. The molecule has 0 aliphatic heterocycles. The Bertz CT molecular complexity index is 173. The highest BCUT2D eigenvalue weighted by Gasteiger charge is 2.06. The average molecular weight is 181 g/mol. The zero-order chi connectivity index (χ0) is 10.3. The lowest BCUT2D eigenvalue weighted by Crippen LogP contribution is -2.32. The summed E-state index contributed by atoms with van der Waals surface area (Å²) < 4.78 is 0. The van der Waals surface area contributed by atoms with E-state index in [1.807, 2.05) is 0 Å². The summed E-state index contributed by atoms with van der Waals surface area (Å²) in [6, 6.07) is 0.410. The van der Waals surface area contributed by atoms with Crippen molar-refractivity contribution in [2.75, 3.05) is 13.1 Å². The first-order valence-electron chi connectivity index (χ1n) is 5.36. The zero-order valence-electron chi connectivity index (χ0n) is 9.72. The van der Waals surface area contributed by atoms with E-state index >= 15 is 0 Å². The van der Waals surface area contributed by atoms with Gasteiger partial charge in [0.25, 0.3) is 0 Å². The highest BCUT2D eigenvalue weighted by atomic mass is 15.1. The molecule has 0 saturated carbocycles. The van der Waals surface area contributed by atoms with Crippen LogP contribution in [-0.4, -0.2) is 24.0 Å². The molecule has 0 fully saturated rings. The Morgan fingerprint density at radius 3 is 2.08 bits per heavy atom. The third-order valence-corrected chi connectivity index (χ3v) is 2.05. The Hall–Kier alpha value is -0.480. The smallest absolute Gasteiger partial charge is 0.0685 e. The maximum atomic E-state index is 3.29. The van der Waals surface area contributed by atoms with Crippen LogP contribution in [0.4, 0.5) is 0 Å². The Labute approximate surface area is 83.5 Å². The first-order valence-corrected chi connectivity index (χ1v) is 5.36. The predicted octanol–water partition coefficient (Wildman–Crippen LogP) is 2.77. The minimum Gasteiger partial charge on any atom is -0.290 e. The Morgan fingerprint density at radius 1 is 1.08 bits per heavy atom. The molecule has 0 saturated heterocycles. The molecule has 13 heavy (non-hydrogen) atoms. The molecule has 0 aromatic rings. The monoisotopic (exact) mass is 181 g/mol. The van der Waals surface area contributed by atoms with Crippen molar-refractivity contribution in [1.82, 2.24) is 4.90 Å². The van der Waals surface area contributed by atoms with Gasteiger partial charge in [0, 0.05) is 5.92 Å². The van der Waals surface area contributed by atoms with Crippen LogP contribution < -0.4 is 0 Å². The van der Waals surface area contributed by atoms with E-state index in [9.17, 15) is 0 Å². The molecule has 0 amide bonds. The summed E-state index contributed by atoms with van der Waals surface area (Å²) in [5.74, 6) is 7.01. The Balaban J connectivity index is 4.06. The summed E-state index contributed by atoms with van der Waals surface area (Å²) in [6.07, 6.45) is 1.21. The first-order chi connectivity index (χ1) is 6.11. The molecule has 0 spiro atoms. The van der Waals surface area contributed by atoms with Crippen molar-refractivity contribution >= 4 is 0 Å². The minimum absolute atomic E-state index is 0.410. The van der Waals surface area contributed by atoms with Gasteiger partial charge in [-0.15, -0.1) is 0 Å². The van der Waals surface area contributed by atoms with Crippen LogP contribution >= 0.6 is 0 Å². The minimum atomic E-state index is 0.410. The summed E-state index contributed by atoms with van der Waals surface area (Å²) in [5.41, 5.74) is 0. The second-order valence-corrected chi connectivity index (χ2v) is 3.75. The van der Waals surface area contributed by atoms with Gasteiger partial charge in [0.15, 0.2) is 0 Å². The van der Waals surface area contributed by atoms with Gasteiger partial charge in [-0.2, -0.15) is 0 Å². The van der Waals surface area contributed by atoms with Crippen molar-refractivity contribution in [3.8, 4) is 11.8 Å². The third kappa shape index (κ3) is 5.71. The van der Waals surface area contributed by atoms with Crippen molar-refractivity contribution < 1.29 is 0 Å². The van der Waals surface area contributed by atoms with Gasteiger partial charge >= 0.3 is 0 Å². The van der Waals surface area contributed by atoms with Crippen LogP contribution in [-0.2, 0) is 0 Å². The molecule has 1 atom stereocenters. The third-order valence-electron chi connectivity index (χ3n) is 2.05. The fraction of sp³-hybridized carbons (Fsp3) is 0.833. The second-order valence-electron chi connectivity index (χ2n) is 3.75. The van der Waals surface area contributed by atoms with Crippen molar-refractivity contribution in [3.05, 3.63) is 0 Å². The van der Waals surface area contributed by atoms with Crippen molar-refractivity contribution in [2.24, 2.45) is 5.92 Å². The van der Waals surface area contributed by atoms with Crippen LogP contribution in [0.25, 0.3) is 0 Å². The van der Waals surface area contributed by atoms with Gasteiger partial charge < -0.3 is 0 Å². The SMILES string of the molecule is CCCN(CC)C(C)C#CC(C)C. The highest BCUT2D eigenvalue weighted by Crippen LogP contribution is 1.99. The van der Waals surface area contributed by atoms with E-state index in [1.54, 1.807) is 0 Å². The molecule has 76 valence electrons. The topological polar surface area (TPSA) is 3.24 Å². The first kappa shape index (κ1) is 12.5. The maximum Gasteiger partial charge on any atom is 0.0685 e. The largest absolute Gasteiger partial charge is 0.290 e. The molecule has 0 radical (unpaired) electrons. The van der Waals surface area contributed by atoms with E-state index < -0.39 is 0 Å². The fourth-order valence-corrected chi connectivity index (χ4v) is 1.29. The van der Waals surface area contributed by atoms with E-state index in [0.29, 0.717) is 12.0 Å². The van der Waals surface area contributed by atoms with Gasteiger partial charge in [-0.3, -0.25) is 4.90 Å². The molecular formula is C12H23N. The van der Waals surface area contributed by atoms with Crippen molar-refractivity contribution in [3.63, 3.8) is 0 Å². The molecule has 0 aliphatic rings. The number of hydrogen-bond donors (Lipinski definition) is 0. The maximum absolute atomic E-state index is 3.29. The average Bonchev–Trinajstić information content (AvgIpc) is 2.10. The number of rotatable bonds is 4. The molecular weight excluding hydrogens is 158 g/mol. The second kappa shape index (κ2) is 6.97. The van der Waals surface area contributed by atoms with Gasteiger partial charge in [0.2, 0.25) is 0 Å². The lowest BCUT2D eigenvalue weighted by Gasteiger charge is -2.23. The van der Waals surface area contributed by atoms with E-state index in [1.165, 1.54) is 6.42 Å². The molecule has 0 aromatic heterocycles. The lowest BCUT2D eigenvalue weighted by atomic mass is 10.2. The van der Waals surface area contributed by atoms with Crippen molar-refractivity contribution in [1.29, 1.82) is 0 Å². The van der Waals surface area contributed by atoms with Crippen LogP contribution in [0.5, 0.6) is 0 Å². The molecule has 0 aromatic carbocycles. The highest BCUT2D eigenvalue weighted by molar-refractivity contribution is 5.08. The lowest BCUT2D eigenvalue weighted by molar-refractivity contribution is 0.261. The molecule has 0 bridgehead atoms. The van der Waals surface area contributed by atoms with E-state index in [4.69, 9.17) is 0 Å². The molecule has 0 rings (SSSR count). The molecule has 1 heteroatoms. The standard InChI is InChI=1S/C12H23N/c1-6-10-13(7-2)12(5)9-8-11(3)4/h11-12H,6-7,10H2,1-5H3. The molecule has 0 aliphatic carbocycles.